The Balaban J connectivity index is 2.12. The molecule has 0 spiro atoms. The van der Waals surface area contributed by atoms with Gasteiger partial charge in [-0.3, -0.25) is 14.5 Å². The van der Waals surface area contributed by atoms with Crippen LogP contribution in [0.2, 0.25) is 0 Å². The van der Waals surface area contributed by atoms with Gasteiger partial charge in [0.15, 0.2) is 5.69 Å². The molecule has 0 aromatic carbocycles. The molecule has 0 aliphatic heterocycles. The topological polar surface area (TPSA) is 77.0 Å². The van der Waals surface area contributed by atoms with Gasteiger partial charge in [0.25, 0.3) is 5.91 Å². The van der Waals surface area contributed by atoms with Crippen LogP contribution in [0.5, 0.6) is 0 Å². The SMILES string of the molecule is CN(Cc1cccnc1)C(=O)c1nn(C)cc1N. The highest BCUT2D eigenvalue weighted by Gasteiger charge is 2.18. The van der Waals surface area contributed by atoms with E-state index in [2.05, 4.69) is 10.1 Å². The van der Waals surface area contributed by atoms with Gasteiger partial charge in [-0.25, -0.2) is 0 Å². The first-order valence-corrected chi connectivity index (χ1v) is 5.51. The number of hydrogen-bond acceptors (Lipinski definition) is 4. The van der Waals surface area contributed by atoms with Crippen molar-refractivity contribution in [2.24, 2.45) is 7.05 Å². The minimum atomic E-state index is -0.197. The van der Waals surface area contributed by atoms with Crippen LogP contribution in [-0.4, -0.2) is 32.6 Å². The standard InChI is InChI=1S/C12H15N5O/c1-16(7-9-4-3-5-14-6-9)12(18)11-10(13)8-17(2)15-11/h3-6,8H,7,13H2,1-2H3. The summed E-state index contributed by atoms with van der Waals surface area (Å²) in [5, 5.41) is 4.06. The molecule has 0 aliphatic carbocycles. The number of rotatable bonds is 3. The first-order chi connectivity index (χ1) is 8.58. The van der Waals surface area contributed by atoms with E-state index in [4.69, 9.17) is 5.73 Å². The summed E-state index contributed by atoms with van der Waals surface area (Å²) in [5.41, 5.74) is 7.36. The van der Waals surface area contributed by atoms with E-state index in [1.807, 2.05) is 12.1 Å². The van der Waals surface area contributed by atoms with E-state index < -0.39 is 0 Å². The van der Waals surface area contributed by atoms with Crippen LogP contribution in [0.25, 0.3) is 0 Å². The Morgan fingerprint density at radius 2 is 2.33 bits per heavy atom. The number of anilines is 1. The first kappa shape index (κ1) is 12.1. The summed E-state index contributed by atoms with van der Waals surface area (Å²) >= 11 is 0. The lowest BCUT2D eigenvalue weighted by atomic mass is 10.2. The molecule has 0 saturated heterocycles. The lowest BCUT2D eigenvalue weighted by Gasteiger charge is -2.15. The molecule has 18 heavy (non-hydrogen) atoms. The second kappa shape index (κ2) is 4.87. The first-order valence-electron chi connectivity index (χ1n) is 5.51. The molecule has 94 valence electrons. The highest BCUT2D eigenvalue weighted by atomic mass is 16.2. The van der Waals surface area contributed by atoms with Gasteiger partial charge in [0.2, 0.25) is 0 Å². The van der Waals surface area contributed by atoms with E-state index in [0.29, 0.717) is 12.2 Å². The van der Waals surface area contributed by atoms with E-state index >= 15 is 0 Å². The smallest absolute Gasteiger partial charge is 0.276 e. The predicted octanol–water partition coefficient (Wildman–Crippen LogP) is 0.670. The lowest BCUT2D eigenvalue weighted by Crippen LogP contribution is -2.27. The number of aromatic nitrogens is 3. The number of nitrogens with two attached hydrogens (primary N) is 1. The van der Waals surface area contributed by atoms with Gasteiger partial charge < -0.3 is 10.6 Å². The molecule has 2 aromatic rings. The van der Waals surface area contributed by atoms with Crippen molar-refractivity contribution in [3.63, 3.8) is 0 Å². The summed E-state index contributed by atoms with van der Waals surface area (Å²) in [4.78, 5) is 17.7. The summed E-state index contributed by atoms with van der Waals surface area (Å²) in [6.07, 6.45) is 5.04. The molecule has 0 fully saturated rings. The molecule has 2 heterocycles. The fraction of sp³-hybridized carbons (Fsp3) is 0.250. The fourth-order valence-electron chi connectivity index (χ4n) is 1.69. The molecule has 0 radical (unpaired) electrons. The maximum Gasteiger partial charge on any atom is 0.276 e. The largest absolute Gasteiger partial charge is 0.396 e. The second-order valence-electron chi connectivity index (χ2n) is 4.13. The molecular weight excluding hydrogens is 230 g/mol. The van der Waals surface area contributed by atoms with Crippen LogP contribution in [0.4, 0.5) is 5.69 Å². The van der Waals surface area contributed by atoms with E-state index in [1.165, 1.54) is 4.68 Å². The number of nitrogen functional groups attached to an aromatic ring is 1. The predicted molar refractivity (Wildman–Crippen MR) is 67.7 cm³/mol. The van der Waals surface area contributed by atoms with Gasteiger partial charge in [-0.1, -0.05) is 6.07 Å². The summed E-state index contributed by atoms with van der Waals surface area (Å²) < 4.78 is 1.53. The third-order valence-corrected chi connectivity index (χ3v) is 2.55. The van der Waals surface area contributed by atoms with Gasteiger partial charge in [-0.05, 0) is 11.6 Å². The zero-order valence-electron chi connectivity index (χ0n) is 10.4. The highest BCUT2D eigenvalue weighted by molar-refractivity contribution is 5.96. The minimum absolute atomic E-state index is 0.197. The lowest BCUT2D eigenvalue weighted by molar-refractivity contribution is 0.0779. The minimum Gasteiger partial charge on any atom is -0.396 e. The number of hydrogen-bond donors (Lipinski definition) is 1. The van der Waals surface area contributed by atoms with E-state index in [-0.39, 0.29) is 11.6 Å². The van der Waals surface area contributed by atoms with Crippen molar-refractivity contribution in [3.05, 3.63) is 42.0 Å². The van der Waals surface area contributed by atoms with Crippen molar-refractivity contribution in [2.45, 2.75) is 6.54 Å². The Bertz CT molecular complexity index is 549. The molecule has 1 amide bonds. The molecule has 0 saturated carbocycles. The van der Waals surface area contributed by atoms with Gasteiger partial charge in [-0.15, -0.1) is 0 Å². The van der Waals surface area contributed by atoms with E-state index in [0.717, 1.165) is 5.56 Å². The Labute approximate surface area is 105 Å². The summed E-state index contributed by atoms with van der Waals surface area (Å²) in [6.45, 7) is 0.475. The average molecular weight is 245 g/mol. The molecule has 2 rings (SSSR count). The maximum atomic E-state index is 12.1. The number of nitrogens with zero attached hydrogens (tertiary/aromatic N) is 4. The van der Waals surface area contributed by atoms with Crippen molar-refractivity contribution >= 4 is 11.6 Å². The monoisotopic (exact) mass is 245 g/mol. The van der Waals surface area contributed by atoms with Gasteiger partial charge in [0.1, 0.15) is 0 Å². The Morgan fingerprint density at radius 1 is 1.56 bits per heavy atom. The molecule has 2 aromatic heterocycles. The number of carbonyl (C=O) groups excluding carboxylic acids is 1. The molecule has 0 aliphatic rings. The van der Waals surface area contributed by atoms with Gasteiger partial charge >= 0.3 is 0 Å². The number of aryl methyl sites for hydroxylation is 1. The molecular formula is C12H15N5O. The Kier molecular flexibility index (Phi) is 3.27. The van der Waals surface area contributed by atoms with Crippen molar-refractivity contribution in [3.8, 4) is 0 Å². The maximum absolute atomic E-state index is 12.1. The van der Waals surface area contributed by atoms with Crippen LogP contribution < -0.4 is 5.73 Å². The van der Waals surface area contributed by atoms with Crippen LogP contribution in [0.3, 0.4) is 0 Å². The van der Waals surface area contributed by atoms with Crippen LogP contribution in [0.1, 0.15) is 16.1 Å². The number of pyridine rings is 1. The average Bonchev–Trinajstić information content (AvgIpc) is 2.68. The summed E-state index contributed by atoms with van der Waals surface area (Å²) in [7, 11) is 3.44. The summed E-state index contributed by atoms with van der Waals surface area (Å²) in [6, 6.07) is 3.75. The van der Waals surface area contributed by atoms with Crippen LogP contribution in [0, 0.1) is 0 Å². The van der Waals surface area contributed by atoms with Crippen molar-refractivity contribution < 1.29 is 4.79 Å². The van der Waals surface area contributed by atoms with Crippen LogP contribution >= 0.6 is 0 Å². The molecule has 0 atom stereocenters. The second-order valence-corrected chi connectivity index (χ2v) is 4.13. The van der Waals surface area contributed by atoms with E-state index in [1.54, 1.807) is 37.6 Å². The third-order valence-electron chi connectivity index (χ3n) is 2.55. The molecule has 6 nitrogen and oxygen atoms in total. The zero-order valence-corrected chi connectivity index (χ0v) is 10.4. The van der Waals surface area contributed by atoms with Crippen molar-refractivity contribution in [1.82, 2.24) is 19.7 Å². The third kappa shape index (κ3) is 2.48. The van der Waals surface area contributed by atoms with Gasteiger partial charge in [0.05, 0.1) is 5.69 Å². The van der Waals surface area contributed by atoms with Crippen molar-refractivity contribution in [2.75, 3.05) is 12.8 Å². The Morgan fingerprint density at radius 3 is 2.89 bits per heavy atom. The molecule has 0 unspecified atom stereocenters. The van der Waals surface area contributed by atoms with Gasteiger partial charge in [0, 0.05) is 39.2 Å². The zero-order chi connectivity index (χ0) is 13.1. The fourth-order valence-corrected chi connectivity index (χ4v) is 1.69. The molecule has 2 N–H and O–H groups in total. The van der Waals surface area contributed by atoms with Gasteiger partial charge in [-0.2, -0.15) is 5.10 Å². The van der Waals surface area contributed by atoms with Crippen LogP contribution in [-0.2, 0) is 13.6 Å². The molecule has 6 heteroatoms. The molecule has 0 bridgehead atoms. The summed E-state index contributed by atoms with van der Waals surface area (Å²) in [5.74, 6) is -0.197. The normalized spacial score (nSPS) is 10.3. The van der Waals surface area contributed by atoms with E-state index in [9.17, 15) is 4.79 Å². The quantitative estimate of drug-likeness (QED) is 0.862. The van der Waals surface area contributed by atoms with Crippen LogP contribution in [0.15, 0.2) is 30.7 Å². The number of carbonyl (C=O) groups is 1. The Hall–Kier alpha value is -2.37. The highest BCUT2D eigenvalue weighted by Crippen LogP contribution is 2.12. The van der Waals surface area contributed by atoms with Crippen molar-refractivity contribution in [1.29, 1.82) is 0 Å². The number of amides is 1.